The highest BCUT2D eigenvalue weighted by Gasteiger charge is 2.31. The normalized spacial score (nSPS) is 15.2. The molecule has 3 rings (SSSR count). The molecule has 0 N–H and O–H groups in total. The van der Waals surface area contributed by atoms with Gasteiger partial charge in [-0.15, -0.1) is 0 Å². The summed E-state index contributed by atoms with van der Waals surface area (Å²) in [7, 11) is -3.55. The number of ether oxygens (including phenoxy) is 2. The zero-order chi connectivity index (χ0) is 20.9. The Bertz CT molecular complexity index is 939. The number of hydrogen-bond acceptors (Lipinski definition) is 5. The predicted octanol–water partition coefficient (Wildman–Crippen LogP) is 2.63. The monoisotopic (exact) mass is 418 g/mol. The minimum Gasteiger partial charge on any atom is -0.494 e. The lowest BCUT2D eigenvalue weighted by molar-refractivity contribution is 0.0693. The molecule has 0 unspecified atom stereocenters. The van der Waals surface area contributed by atoms with E-state index in [4.69, 9.17) is 9.47 Å². The number of nitrogens with zero attached hydrogens (tertiary/aromatic N) is 2. The van der Waals surface area contributed by atoms with E-state index in [1.54, 1.807) is 53.4 Å². The lowest BCUT2D eigenvalue weighted by Gasteiger charge is -2.34. The quantitative estimate of drug-likeness (QED) is 0.691. The summed E-state index contributed by atoms with van der Waals surface area (Å²) in [5.41, 5.74) is 0.453. The number of carbonyl (C=O) groups is 1. The molecule has 1 saturated heterocycles. The maximum Gasteiger partial charge on any atom is 0.257 e. The van der Waals surface area contributed by atoms with Crippen LogP contribution in [0.5, 0.6) is 11.5 Å². The molecule has 0 radical (unpaired) electrons. The summed E-state index contributed by atoms with van der Waals surface area (Å²) in [6, 6.07) is 13.5. The average molecular weight is 419 g/mol. The van der Waals surface area contributed by atoms with Gasteiger partial charge in [0.05, 0.1) is 23.7 Å². The fourth-order valence-electron chi connectivity index (χ4n) is 3.25. The third-order valence-corrected chi connectivity index (χ3v) is 6.61. The van der Waals surface area contributed by atoms with Gasteiger partial charge in [-0.1, -0.05) is 18.2 Å². The molecule has 0 aliphatic carbocycles. The maximum atomic E-state index is 13.0. The topological polar surface area (TPSA) is 76.2 Å². The molecule has 7 nitrogen and oxygen atoms in total. The van der Waals surface area contributed by atoms with Gasteiger partial charge in [-0.3, -0.25) is 4.79 Å². The van der Waals surface area contributed by atoms with Crippen LogP contribution in [0, 0.1) is 0 Å². The molecule has 0 saturated carbocycles. The predicted molar refractivity (Wildman–Crippen MR) is 110 cm³/mol. The molecule has 1 aliphatic rings. The van der Waals surface area contributed by atoms with Crippen LogP contribution in [-0.4, -0.2) is 62.9 Å². The van der Waals surface area contributed by atoms with Crippen molar-refractivity contribution < 1.29 is 22.7 Å². The summed E-state index contributed by atoms with van der Waals surface area (Å²) < 4.78 is 38.1. The molecule has 0 atom stereocenters. The van der Waals surface area contributed by atoms with Crippen LogP contribution in [0.3, 0.4) is 0 Å². The van der Waals surface area contributed by atoms with Gasteiger partial charge < -0.3 is 14.4 Å². The van der Waals surface area contributed by atoms with Crippen LogP contribution in [0.1, 0.15) is 24.2 Å². The summed E-state index contributed by atoms with van der Waals surface area (Å²) in [6.45, 7) is 5.86. The molecule has 1 aliphatic heterocycles. The summed E-state index contributed by atoms with van der Waals surface area (Å²) >= 11 is 0. The van der Waals surface area contributed by atoms with Crippen molar-refractivity contribution in [3.8, 4) is 11.5 Å². The van der Waals surface area contributed by atoms with E-state index in [9.17, 15) is 13.2 Å². The molecular formula is C21H26N2O5S. The van der Waals surface area contributed by atoms with Crippen molar-refractivity contribution in [2.45, 2.75) is 18.7 Å². The van der Waals surface area contributed by atoms with Crippen molar-refractivity contribution in [2.75, 3.05) is 39.4 Å². The van der Waals surface area contributed by atoms with Crippen LogP contribution >= 0.6 is 0 Å². The van der Waals surface area contributed by atoms with Gasteiger partial charge in [-0.2, -0.15) is 4.31 Å². The van der Waals surface area contributed by atoms with E-state index in [2.05, 4.69) is 0 Å². The van der Waals surface area contributed by atoms with Crippen molar-refractivity contribution in [1.29, 1.82) is 0 Å². The molecule has 8 heteroatoms. The summed E-state index contributed by atoms with van der Waals surface area (Å²) in [5, 5.41) is 0. The molecule has 156 valence electrons. The highest BCUT2D eigenvalue weighted by atomic mass is 32.2. The van der Waals surface area contributed by atoms with Gasteiger partial charge in [-0.05, 0) is 38.1 Å². The lowest BCUT2D eigenvalue weighted by atomic mass is 10.1. The van der Waals surface area contributed by atoms with Gasteiger partial charge in [0.2, 0.25) is 10.0 Å². The van der Waals surface area contributed by atoms with E-state index < -0.39 is 10.0 Å². The van der Waals surface area contributed by atoms with Crippen LogP contribution < -0.4 is 9.47 Å². The van der Waals surface area contributed by atoms with Gasteiger partial charge >= 0.3 is 0 Å². The molecule has 2 aromatic carbocycles. The number of rotatable bonds is 7. The second-order valence-electron chi connectivity index (χ2n) is 6.53. The highest BCUT2D eigenvalue weighted by molar-refractivity contribution is 7.89. The minimum absolute atomic E-state index is 0.173. The first kappa shape index (κ1) is 21.1. The van der Waals surface area contributed by atoms with E-state index in [0.717, 1.165) is 0 Å². The fourth-order valence-corrected chi connectivity index (χ4v) is 4.70. The lowest BCUT2D eigenvalue weighted by Crippen LogP contribution is -2.50. The van der Waals surface area contributed by atoms with Gasteiger partial charge in [0.15, 0.2) is 0 Å². The first-order valence-electron chi connectivity index (χ1n) is 9.71. The Morgan fingerprint density at radius 3 is 2.21 bits per heavy atom. The number of sulfonamides is 1. The largest absolute Gasteiger partial charge is 0.494 e. The standard InChI is InChI=1S/C21H26N2O5S/c1-3-27-17-10-11-19(20(16-17)28-4-2)21(24)22-12-14-23(15-13-22)29(25,26)18-8-6-5-7-9-18/h5-11,16H,3-4,12-15H2,1-2H3. The first-order chi connectivity index (χ1) is 14.0. The van der Waals surface area contributed by atoms with Crippen molar-refractivity contribution in [1.82, 2.24) is 9.21 Å². The number of carbonyl (C=O) groups excluding carboxylic acids is 1. The van der Waals surface area contributed by atoms with Gasteiger partial charge in [0, 0.05) is 32.2 Å². The summed E-state index contributed by atoms with van der Waals surface area (Å²) in [4.78, 5) is 15.0. The van der Waals surface area contributed by atoms with Crippen LogP contribution in [0.4, 0.5) is 0 Å². The van der Waals surface area contributed by atoms with Crippen molar-refractivity contribution >= 4 is 15.9 Å². The fraction of sp³-hybridized carbons (Fsp3) is 0.381. The molecule has 2 aromatic rings. The Balaban J connectivity index is 1.72. The van der Waals surface area contributed by atoms with E-state index in [-0.39, 0.29) is 23.9 Å². The second-order valence-corrected chi connectivity index (χ2v) is 8.47. The molecule has 1 amide bonds. The molecular weight excluding hydrogens is 392 g/mol. The zero-order valence-corrected chi connectivity index (χ0v) is 17.5. The van der Waals surface area contributed by atoms with Crippen LogP contribution in [-0.2, 0) is 10.0 Å². The third-order valence-electron chi connectivity index (χ3n) is 4.70. The van der Waals surface area contributed by atoms with Gasteiger partial charge in [0.25, 0.3) is 5.91 Å². The van der Waals surface area contributed by atoms with Crippen molar-refractivity contribution in [3.63, 3.8) is 0 Å². The third kappa shape index (κ3) is 4.71. The highest BCUT2D eigenvalue weighted by Crippen LogP contribution is 2.27. The van der Waals surface area contributed by atoms with E-state index in [1.165, 1.54) is 4.31 Å². The smallest absolute Gasteiger partial charge is 0.257 e. The molecule has 1 fully saturated rings. The van der Waals surface area contributed by atoms with Crippen molar-refractivity contribution in [2.24, 2.45) is 0 Å². The molecule has 1 heterocycles. The molecule has 0 aromatic heterocycles. The number of hydrogen-bond donors (Lipinski definition) is 0. The molecule has 0 bridgehead atoms. The molecule has 29 heavy (non-hydrogen) atoms. The minimum atomic E-state index is -3.55. The van der Waals surface area contributed by atoms with Crippen LogP contribution in [0.2, 0.25) is 0 Å². The Labute approximate surface area is 171 Å². The Kier molecular flexibility index (Phi) is 6.76. The zero-order valence-electron chi connectivity index (χ0n) is 16.7. The van der Waals surface area contributed by atoms with E-state index in [0.29, 0.717) is 43.4 Å². The Hall–Kier alpha value is -2.58. The number of amides is 1. The number of piperazine rings is 1. The van der Waals surface area contributed by atoms with E-state index >= 15 is 0 Å². The van der Waals surface area contributed by atoms with Crippen LogP contribution in [0.15, 0.2) is 53.4 Å². The van der Waals surface area contributed by atoms with E-state index in [1.807, 2.05) is 13.8 Å². The van der Waals surface area contributed by atoms with Crippen LogP contribution in [0.25, 0.3) is 0 Å². The second kappa shape index (κ2) is 9.28. The van der Waals surface area contributed by atoms with Gasteiger partial charge in [-0.25, -0.2) is 8.42 Å². The SMILES string of the molecule is CCOc1ccc(C(=O)N2CCN(S(=O)(=O)c3ccccc3)CC2)c(OCC)c1. The molecule has 0 spiro atoms. The number of benzene rings is 2. The van der Waals surface area contributed by atoms with Gasteiger partial charge in [0.1, 0.15) is 11.5 Å². The van der Waals surface area contributed by atoms with Crippen molar-refractivity contribution in [3.05, 3.63) is 54.1 Å². The Morgan fingerprint density at radius 2 is 1.59 bits per heavy atom. The first-order valence-corrected chi connectivity index (χ1v) is 11.2. The average Bonchev–Trinajstić information content (AvgIpc) is 2.75. The Morgan fingerprint density at radius 1 is 0.931 bits per heavy atom. The summed E-state index contributed by atoms with van der Waals surface area (Å²) in [6.07, 6.45) is 0. The maximum absolute atomic E-state index is 13.0. The summed E-state index contributed by atoms with van der Waals surface area (Å²) in [5.74, 6) is 0.947.